The second-order valence-corrected chi connectivity index (χ2v) is 14.2. The van der Waals surface area contributed by atoms with Crippen molar-refractivity contribution in [3.63, 3.8) is 0 Å². The Morgan fingerprint density at radius 3 is 0.690 bits per heavy atom. The predicted octanol–water partition coefficient (Wildman–Crippen LogP) is 13.3. The molecule has 42 heavy (non-hydrogen) atoms. The smallest absolute Gasteiger partial charge is 0.102 e. The molecular weight excluding hydrogens is 510 g/mol. The van der Waals surface area contributed by atoms with E-state index in [0.717, 1.165) is 11.0 Å². The molecule has 0 amide bonds. The van der Waals surface area contributed by atoms with E-state index in [2.05, 4.69) is 20.8 Å². The van der Waals surface area contributed by atoms with Gasteiger partial charge >= 0.3 is 0 Å². The van der Waals surface area contributed by atoms with Crippen LogP contribution in [0.15, 0.2) is 0 Å². The molecule has 0 aromatic carbocycles. The summed E-state index contributed by atoms with van der Waals surface area (Å²) in [5.74, 6) is 0. The number of hydrogen-bond donors (Lipinski definition) is 1. The lowest BCUT2D eigenvalue weighted by Crippen LogP contribution is -2.51. The van der Waals surface area contributed by atoms with Crippen molar-refractivity contribution < 1.29 is 9.59 Å². The maximum atomic E-state index is 9.79. The van der Waals surface area contributed by atoms with Gasteiger partial charge in [-0.15, -0.1) is 0 Å². The minimum Gasteiger partial charge on any atom is -0.391 e. The van der Waals surface area contributed by atoms with Crippen LogP contribution in [-0.2, 0) is 0 Å². The van der Waals surface area contributed by atoms with Gasteiger partial charge in [-0.2, -0.15) is 0 Å². The molecule has 0 fully saturated rings. The van der Waals surface area contributed by atoms with Crippen molar-refractivity contribution in [2.45, 2.75) is 226 Å². The van der Waals surface area contributed by atoms with E-state index in [1.165, 1.54) is 225 Å². The Balaban J connectivity index is 3.61. The zero-order valence-electron chi connectivity index (χ0n) is 30.1. The Hall–Kier alpha value is -0.0800. The summed E-state index contributed by atoms with van der Waals surface area (Å²) in [6, 6.07) is 0. The molecule has 0 aromatic rings. The third-order valence-electron chi connectivity index (χ3n) is 10.2. The quantitative estimate of drug-likeness (QED) is 0.0560. The fourth-order valence-electron chi connectivity index (χ4n) is 7.01. The highest BCUT2D eigenvalue weighted by molar-refractivity contribution is 4.53. The molecule has 2 heteroatoms. The van der Waals surface area contributed by atoms with Crippen molar-refractivity contribution in [2.75, 3.05) is 32.8 Å². The summed E-state index contributed by atoms with van der Waals surface area (Å²) in [5, 5.41) is 9.79. The van der Waals surface area contributed by atoms with Crippen molar-refractivity contribution in [3.8, 4) is 0 Å². The van der Waals surface area contributed by atoms with Crippen molar-refractivity contribution in [2.24, 2.45) is 0 Å². The number of aliphatic hydroxyl groups is 1. The van der Waals surface area contributed by atoms with Crippen LogP contribution < -0.4 is 0 Å². The summed E-state index contributed by atoms with van der Waals surface area (Å²) in [6.07, 6.45) is 46.0. The van der Waals surface area contributed by atoms with Crippen LogP contribution >= 0.6 is 0 Å². The third kappa shape index (κ3) is 30.0. The minimum atomic E-state index is 0.353. The van der Waals surface area contributed by atoms with Crippen LogP contribution in [0.5, 0.6) is 0 Å². The van der Waals surface area contributed by atoms with Gasteiger partial charge in [0.15, 0.2) is 0 Å². The van der Waals surface area contributed by atoms with Gasteiger partial charge in [0.1, 0.15) is 6.54 Å². The minimum absolute atomic E-state index is 0.353. The SMILES string of the molecule is CCCCCCCCCCCCCCCCCC[N+](CC)(CCO)CCCCCCCCCCCCCCCCCC. The van der Waals surface area contributed by atoms with Gasteiger partial charge in [-0.1, -0.05) is 194 Å². The molecular formula is C40H84NO+. The number of quaternary nitrogens is 1. The van der Waals surface area contributed by atoms with Crippen molar-refractivity contribution in [1.29, 1.82) is 0 Å². The average molecular weight is 595 g/mol. The first-order valence-electron chi connectivity index (χ1n) is 20.2. The van der Waals surface area contributed by atoms with E-state index in [0.29, 0.717) is 6.61 Å². The van der Waals surface area contributed by atoms with Gasteiger partial charge in [-0.05, 0) is 32.6 Å². The maximum Gasteiger partial charge on any atom is 0.102 e. The van der Waals surface area contributed by atoms with E-state index in [1.807, 2.05) is 0 Å². The zero-order valence-corrected chi connectivity index (χ0v) is 30.1. The van der Waals surface area contributed by atoms with Gasteiger partial charge in [0.2, 0.25) is 0 Å². The summed E-state index contributed by atoms with van der Waals surface area (Å²) in [7, 11) is 0. The van der Waals surface area contributed by atoms with Gasteiger partial charge in [-0.25, -0.2) is 0 Å². The number of likely N-dealkylation sites (N-methyl/N-ethyl adjacent to an activating group) is 1. The van der Waals surface area contributed by atoms with E-state index in [1.54, 1.807) is 0 Å². The van der Waals surface area contributed by atoms with E-state index >= 15 is 0 Å². The monoisotopic (exact) mass is 595 g/mol. The normalized spacial score (nSPS) is 12.0. The summed E-state index contributed by atoms with van der Waals surface area (Å²) in [4.78, 5) is 0. The van der Waals surface area contributed by atoms with Crippen LogP contribution in [0.2, 0.25) is 0 Å². The molecule has 254 valence electrons. The van der Waals surface area contributed by atoms with Crippen LogP contribution in [-0.4, -0.2) is 42.4 Å². The van der Waals surface area contributed by atoms with Crippen LogP contribution in [0.3, 0.4) is 0 Å². The van der Waals surface area contributed by atoms with E-state index in [9.17, 15) is 5.11 Å². The molecule has 0 heterocycles. The number of rotatable bonds is 37. The van der Waals surface area contributed by atoms with E-state index < -0.39 is 0 Å². The summed E-state index contributed by atoms with van der Waals surface area (Å²) in [5.41, 5.74) is 0. The highest BCUT2D eigenvalue weighted by Crippen LogP contribution is 2.18. The van der Waals surface area contributed by atoms with Crippen LogP contribution in [0.4, 0.5) is 0 Å². The van der Waals surface area contributed by atoms with Crippen LogP contribution in [0.25, 0.3) is 0 Å². The van der Waals surface area contributed by atoms with Gasteiger partial charge in [0.05, 0.1) is 26.2 Å². The zero-order chi connectivity index (χ0) is 30.7. The third-order valence-corrected chi connectivity index (χ3v) is 10.2. The highest BCUT2D eigenvalue weighted by atomic mass is 16.3. The van der Waals surface area contributed by atoms with Crippen LogP contribution in [0.1, 0.15) is 226 Å². The standard InChI is InChI=1S/C40H84NO/c1-4-7-9-11-13-15-17-19-21-23-25-27-29-31-33-35-37-41(6-3,39-40-42)38-36-34-32-30-28-26-24-22-20-18-16-14-12-10-8-5-2/h42H,4-40H2,1-3H3/q+1. The lowest BCUT2D eigenvalue weighted by Gasteiger charge is -2.37. The molecule has 2 nitrogen and oxygen atoms in total. The topological polar surface area (TPSA) is 20.2 Å². The number of nitrogens with zero attached hydrogens (tertiary/aromatic N) is 1. The molecule has 0 atom stereocenters. The Morgan fingerprint density at radius 1 is 0.286 bits per heavy atom. The Morgan fingerprint density at radius 2 is 0.500 bits per heavy atom. The number of hydrogen-bond acceptors (Lipinski definition) is 1. The molecule has 1 N–H and O–H groups in total. The molecule has 0 saturated heterocycles. The first kappa shape index (κ1) is 41.9. The molecule has 0 unspecified atom stereocenters. The lowest BCUT2D eigenvalue weighted by molar-refractivity contribution is -0.927. The average Bonchev–Trinajstić information content (AvgIpc) is 3.00. The van der Waals surface area contributed by atoms with E-state index in [4.69, 9.17) is 0 Å². The van der Waals surface area contributed by atoms with Crippen molar-refractivity contribution in [3.05, 3.63) is 0 Å². The van der Waals surface area contributed by atoms with E-state index in [-0.39, 0.29) is 0 Å². The molecule has 0 rings (SSSR count). The fraction of sp³-hybridized carbons (Fsp3) is 1.00. The summed E-state index contributed by atoms with van der Waals surface area (Å²) < 4.78 is 1.16. The van der Waals surface area contributed by atoms with Gasteiger partial charge in [0.25, 0.3) is 0 Å². The molecule has 0 radical (unpaired) electrons. The Bertz CT molecular complexity index is 442. The first-order valence-corrected chi connectivity index (χ1v) is 20.2. The van der Waals surface area contributed by atoms with Gasteiger partial charge < -0.3 is 9.59 Å². The molecule has 0 saturated carbocycles. The molecule has 0 aliphatic carbocycles. The summed E-state index contributed by atoms with van der Waals surface area (Å²) >= 11 is 0. The second kappa shape index (κ2) is 35.4. The fourth-order valence-corrected chi connectivity index (χ4v) is 7.01. The van der Waals surface area contributed by atoms with Gasteiger partial charge in [0, 0.05) is 0 Å². The number of unbranched alkanes of at least 4 members (excludes halogenated alkanes) is 30. The maximum absolute atomic E-state index is 9.79. The number of aliphatic hydroxyl groups excluding tert-OH is 1. The van der Waals surface area contributed by atoms with Crippen LogP contribution in [0, 0.1) is 0 Å². The first-order chi connectivity index (χ1) is 20.7. The molecule has 0 bridgehead atoms. The largest absolute Gasteiger partial charge is 0.391 e. The lowest BCUT2D eigenvalue weighted by atomic mass is 10.0. The van der Waals surface area contributed by atoms with Crippen molar-refractivity contribution in [1.82, 2.24) is 0 Å². The molecule has 0 aliphatic rings. The predicted molar refractivity (Wildman–Crippen MR) is 192 cm³/mol. The molecule has 0 spiro atoms. The highest BCUT2D eigenvalue weighted by Gasteiger charge is 2.23. The molecule has 0 aromatic heterocycles. The second-order valence-electron chi connectivity index (χ2n) is 14.2. The Kier molecular flexibility index (Phi) is 35.3. The van der Waals surface area contributed by atoms with Gasteiger partial charge in [-0.3, -0.25) is 0 Å². The Labute approximate surface area is 268 Å². The van der Waals surface area contributed by atoms with Crippen molar-refractivity contribution >= 4 is 0 Å². The summed E-state index contributed by atoms with van der Waals surface area (Å²) in [6.45, 7) is 12.0. The molecule has 0 aliphatic heterocycles.